The minimum Gasteiger partial charge on any atom is -0.378 e. The van der Waals surface area contributed by atoms with Gasteiger partial charge in [-0.1, -0.05) is 44.2 Å². The van der Waals surface area contributed by atoms with Crippen LogP contribution < -0.4 is 9.80 Å². The molecule has 0 aromatic heterocycles. The smallest absolute Gasteiger partial charge is 0.292 e. The molecule has 1 fully saturated rings. The Hall–Kier alpha value is -2.86. The Labute approximate surface area is 165 Å². The Balaban J connectivity index is 1.77. The second-order valence-electron chi connectivity index (χ2n) is 8.07. The van der Waals surface area contributed by atoms with Crippen molar-refractivity contribution in [1.29, 1.82) is 0 Å². The number of nitro groups is 1. The first kappa shape index (κ1) is 18.5. The molecule has 28 heavy (non-hydrogen) atoms. The van der Waals surface area contributed by atoms with Gasteiger partial charge in [0.2, 0.25) is 0 Å². The van der Waals surface area contributed by atoms with E-state index in [4.69, 9.17) is 4.74 Å². The van der Waals surface area contributed by atoms with E-state index in [1.165, 1.54) is 0 Å². The quantitative estimate of drug-likeness (QED) is 0.589. The van der Waals surface area contributed by atoms with Gasteiger partial charge in [0.25, 0.3) is 5.69 Å². The minimum absolute atomic E-state index is 0.140. The Morgan fingerprint density at radius 2 is 1.89 bits per heavy atom. The Bertz CT molecular complexity index is 950. The second-order valence-corrected chi connectivity index (χ2v) is 8.07. The summed E-state index contributed by atoms with van der Waals surface area (Å²) in [5.41, 5.74) is 2.82. The fourth-order valence-electron chi connectivity index (χ4n) is 4.43. The Morgan fingerprint density at radius 1 is 1.18 bits per heavy atom. The number of nitrogens with zero attached hydrogens (tertiary/aromatic N) is 3. The average molecular weight is 379 g/mol. The molecule has 146 valence electrons. The van der Waals surface area contributed by atoms with Gasteiger partial charge in [0.15, 0.2) is 5.72 Å². The van der Waals surface area contributed by atoms with Gasteiger partial charge in [-0.3, -0.25) is 10.1 Å². The first-order valence-electron chi connectivity index (χ1n) is 9.44. The lowest BCUT2D eigenvalue weighted by Gasteiger charge is -2.39. The third kappa shape index (κ3) is 2.52. The monoisotopic (exact) mass is 379 g/mol. The van der Waals surface area contributed by atoms with Crippen molar-refractivity contribution < 1.29 is 9.66 Å². The molecule has 2 aromatic rings. The van der Waals surface area contributed by atoms with Crippen molar-refractivity contribution in [1.82, 2.24) is 0 Å². The van der Waals surface area contributed by atoms with Crippen LogP contribution in [0.5, 0.6) is 0 Å². The molecule has 0 N–H and O–H groups in total. The zero-order valence-corrected chi connectivity index (χ0v) is 16.7. The van der Waals surface area contributed by atoms with E-state index in [0.717, 1.165) is 16.8 Å². The van der Waals surface area contributed by atoms with Gasteiger partial charge in [0.05, 0.1) is 11.5 Å². The summed E-state index contributed by atoms with van der Waals surface area (Å²) < 4.78 is 6.29. The van der Waals surface area contributed by atoms with Crippen LogP contribution in [0.3, 0.4) is 0 Å². The molecule has 2 heterocycles. The van der Waals surface area contributed by atoms with Crippen LogP contribution in [0.15, 0.2) is 48.5 Å². The molecule has 0 radical (unpaired) electrons. The van der Waals surface area contributed by atoms with E-state index in [1.807, 2.05) is 20.2 Å². The molecule has 6 heteroatoms. The maximum atomic E-state index is 11.6. The highest BCUT2D eigenvalue weighted by atomic mass is 16.6. The Morgan fingerprint density at radius 3 is 2.54 bits per heavy atom. The van der Waals surface area contributed by atoms with Gasteiger partial charge in [-0.05, 0) is 29.3 Å². The number of hydrogen-bond acceptors (Lipinski definition) is 5. The van der Waals surface area contributed by atoms with Gasteiger partial charge in [0, 0.05) is 37.8 Å². The molecular weight excluding hydrogens is 354 g/mol. The molecule has 2 aliphatic rings. The standard InChI is InChI=1S/C22H25N3O3/c1-21(2)18-6-5-7-19(25(26)27)20(18)24-14-15-28-22(21,24)13-12-16-8-10-17(11-9-16)23(3)4/h5-13H,14-15H2,1-4H3/b13-12+. The number of anilines is 2. The average Bonchev–Trinajstić information content (AvgIpc) is 3.17. The number of rotatable bonds is 4. The molecule has 2 aliphatic heterocycles. The maximum absolute atomic E-state index is 11.6. The van der Waals surface area contributed by atoms with Gasteiger partial charge in [0.1, 0.15) is 5.69 Å². The molecule has 0 aliphatic carbocycles. The topological polar surface area (TPSA) is 58.8 Å². The summed E-state index contributed by atoms with van der Waals surface area (Å²) in [6, 6.07) is 13.6. The third-order valence-electron chi connectivity index (χ3n) is 6.00. The molecule has 4 rings (SSSR count). The highest BCUT2D eigenvalue weighted by molar-refractivity contribution is 5.78. The van der Waals surface area contributed by atoms with Gasteiger partial charge in [-0.25, -0.2) is 0 Å². The van der Waals surface area contributed by atoms with Gasteiger partial charge in [-0.2, -0.15) is 0 Å². The molecule has 1 saturated heterocycles. The molecule has 0 saturated carbocycles. The van der Waals surface area contributed by atoms with Gasteiger partial charge >= 0.3 is 0 Å². The van der Waals surface area contributed by atoms with Crippen molar-refractivity contribution >= 4 is 23.1 Å². The van der Waals surface area contributed by atoms with Gasteiger partial charge < -0.3 is 14.5 Å². The number of benzene rings is 2. The van der Waals surface area contributed by atoms with Crippen LogP contribution in [-0.4, -0.2) is 37.9 Å². The lowest BCUT2D eigenvalue weighted by Crippen LogP contribution is -2.51. The first-order chi connectivity index (χ1) is 13.3. The summed E-state index contributed by atoms with van der Waals surface area (Å²) in [6.45, 7) is 5.37. The van der Waals surface area contributed by atoms with Crippen LogP contribution in [0.25, 0.3) is 6.08 Å². The highest BCUT2D eigenvalue weighted by Gasteiger charge is 2.61. The molecular formula is C22H25N3O3. The van der Waals surface area contributed by atoms with E-state index >= 15 is 0 Å². The first-order valence-corrected chi connectivity index (χ1v) is 9.44. The summed E-state index contributed by atoms with van der Waals surface area (Å²) in [5, 5.41) is 11.6. The maximum Gasteiger partial charge on any atom is 0.292 e. The van der Waals surface area contributed by atoms with Crippen LogP contribution in [0.2, 0.25) is 0 Å². The molecule has 0 amide bonds. The second kappa shape index (κ2) is 6.34. The van der Waals surface area contributed by atoms with E-state index < -0.39 is 11.1 Å². The fraction of sp³-hybridized carbons (Fsp3) is 0.364. The van der Waals surface area contributed by atoms with E-state index in [2.05, 4.69) is 60.1 Å². The number of ether oxygens (including phenoxy) is 1. The number of hydrogen-bond donors (Lipinski definition) is 0. The normalized spacial score (nSPS) is 22.4. The fourth-order valence-corrected chi connectivity index (χ4v) is 4.43. The van der Waals surface area contributed by atoms with Crippen LogP contribution in [0, 0.1) is 10.1 Å². The minimum atomic E-state index is -0.734. The molecule has 2 aromatic carbocycles. The Kier molecular flexibility index (Phi) is 4.19. The van der Waals surface area contributed by atoms with Crippen molar-refractivity contribution in [2.75, 3.05) is 37.0 Å². The lowest BCUT2D eigenvalue weighted by molar-refractivity contribution is -0.384. The molecule has 0 spiro atoms. The van der Waals surface area contributed by atoms with Crippen molar-refractivity contribution in [3.8, 4) is 0 Å². The lowest BCUT2D eigenvalue weighted by atomic mass is 9.77. The summed E-state index contributed by atoms with van der Waals surface area (Å²) >= 11 is 0. The van der Waals surface area contributed by atoms with Gasteiger partial charge in [-0.15, -0.1) is 0 Å². The van der Waals surface area contributed by atoms with E-state index in [1.54, 1.807) is 12.1 Å². The predicted octanol–water partition coefficient (Wildman–Crippen LogP) is 4.20. The summed E-state index contributed by atoms with van der Waals surface area (Å²) in [4.78, 5) is 15.5. The van der Waals surface area contributed by atoms with Crippen LogP contribution in [-0.2, 0) is 10.2 Å². The SMILES string of the molecule is CN(C)c1ccc(/C=C/C23OCCN2c2c([N+](=O)[O-])cccc2C3(C)C)cc1. The van der Waals surface area contributed by atoms with E-state index in [-0.39, 0.29) is 10.6 Å². The third-order valence-corrected chi connectivity index (χ3v) is 6.00. The van der Waals surface area contributed by atoms with Crippen molar-refractivity contribution in [3.63, 3.8) is 0 Å². The molecule has 1 unspecified atom stereocenters. The number of para-hydroxylation sites is 1. The van der Waals surface area contributed by atoms with E-state index in [9.17, 15) is 10.1 Å². The zero-order valence-electron chi connectivity index (χ0n) is 16.7. The summed E-state index contributed by atoms with van der Waals surface area (Å²) in [7, 11) is 4.03. The highest BCUT2D eigenvalue weighted by Crippen LogP contribution is 2.57. The largest absolute Gasteiger partial charge is 0.378 e. The summed E-state index contributed by atoms with van der Waals surface area (Å²) in [5.74, 6) is 0. The zero-order chi connectivity index (χ0) is 20.1. The van der Waals surface area contributed by atoms with Crippen LogP contribution in [0.4, 0.5) is 17.1 Å². The number of fused-ring (bicyclic) bond motifs is 3. The van der Waals surface area contributed by atoms with Crippen LogP contribution >= 0.6 is 0 Å². The molecule has 0 bridgehead atoms. The van der Waals surface area contributed by atoms with Crippen molar-refractivity contribution in [2.24, 2.45) is 0 Å². The van der Waals surface area contributed by atoms with E-state index in [0.29, 0.717) is 18.8 Å². The molecule has 1 atom stereocenters. The van der Waals surface area contributed by atoms with Crippen LogP contribution in [0.1, 0.15) is 25.0 Å². The number of nitro benzene ring substituents is 1. The van der Waals surface area contributed by atoms with Crippen molar-refractivity contribution in [2.45, 2.75) is 25.0 Å². The predicted molar refractivity (Wildman–Crippen MR) is 112 cm³/mol. The summed E-state index contributed by atoms with van der Waals surface area (Å²) in [6.07, 6.45) is 4.12. The molecule has 6 nitrogen and oxygen atoms in total. The van der Waals surface area contributed by atoms with Crippen molar-refractivity contribution in [3.05, 3.63) is 69.8 Å².